The molecule has 0 amide bonds. The molecule has 0 saturated carbocycles. The molecule has 15 heavy (non-hydrogen) atoms. The number of ether oxygens (including phenoxy) is 3. The van der Waals surface area contributed by atoms with Gasteiger partial charge in [0.2, 0.25) is 0 Å². The summed E-state index contributed by atoms with van der Waals surface area (Å²) in [5, 5.41) is 3.18. The Bertz CT molecular complexity index is 198. The molecule has 3 aliphatic heterocycles. The predicted molar refractivity (Wildman–Crippen MR) is 56.3 cm³/mol. The van der Waals surface area contributed by atoms with Gasteiger partial charge < -0.3 is 19.5 Å². The van der Waals surface area contributed by atoms with Gasteiger partial charge in [0.25, 0.3) is 5.97 Å². The monoisotopic (exact) mass is 215 g/mol. The third-order valence-electron chi connectivity index (χ3n) is 3.24. The fraction of sp³-hybridized carbons (Fsp3) is 1.00. The van der Waals surface area contributed by atoms with Crippen LogP contribution in [0.1, 0.15) is 13.8 Å². The Morgan fingerprint density at radius 2 is 1.73 bits per heavy atom. The van der Waals surface area contributed by atoms with Crippen molar-refractivity contribution < 1.29 is 14.2 Å². The average molecular weight is 215 g/mol. The Balaban J connectivity index is 2.10. The molecule has 2 bridgehead atoms. The van der Waals surface area contributed by atoms with Crippen LogP contribution in [-0.4, -0.2) is 39.4 Å². The van der Waals surface area contributed by atoms with E-state index in [0.29, 0.717) is 11.8 Å². The van der Waals surface area contributed by atoms with E-state index in [1.807, 2.05) is 7.05 Å². The fourth-order valence-electron chi connectivity index (χ4n) is 2.28. The van der Waals surface area contributed by atoms with Gasteiger partial charge >= 0.3 is 0 Å². The van der Waals surface area contributed by atoms with Gasteiger partial charge in [0.15, 0.2) is 0 Å². The van der Waals surface area contributed by atoms with E-state index in [0.717, 1.165) is 26.4 Å². The summed E-state index contributed by atoms with van der Waals surface area (Å²) < 4.78 is 17.3. The second-order valence-electron chi connectivity index (χ2n) is 4.81. The molecule has 88 valence electrons. The van der Waals surface area contributed by atoms with Crippen LogP contribution in [0.5, 0.6) is 0 Å². The topological polar surface area (TPSA) is 39.7 Å². The van der Waals surface area contributed by atoms with Crippen LogP contribution in [0, 0.1) is 17.8 Å². The van der Waals surface area contributed by atoms with Gasteiger partial charge in [-0.05, 0) is 13.0 Å². The first-order chi connectivity index (χ1) is 7.18. The first kappa shape index (κ1) is 11.3. The number of fused-ring (bicyclic) bond motifs is 3. The number of hydrogen-bond acceptors (Lipinski definition) is 4. The molecule has 4 nitrogen and oxygen atoms in total. The average Bonchev–Trinajstić information content (AvgIpc) is 2.28. The zero-order valence-corrected chi connectivity index (χ0v) is 9.79. The van der Waals surface area contributed by atoms with Crippen LogP contribution < -0.4 is 5.32 Å². The maximum Gasteiger partial charge on any atom is 0.287 e. The Labute approximate surface area is 91.3 Å². The van der Waals surface area contributed by atoms with Crippen molar-refractivity contribution in [3.05, 3.63) is 0 Å². The lowest BCUT2D eigenvalue weighted by molar-refractivity contribution is -0.470. The summed E-state index contributed by atoms with van der Waals surface area (Å²) in [6.07, 6.45) is 0. The highest BCUT2D eigenvalue weighted by molar-refractivity contribution is 4.83. The van der Waals surface area contributed by atoms with E-state index in [1.165, 1.54) is 0 Å². The van der Waals surface area contributed by atoms with Gasteiger partial charge in [-0.3, -0.25) is 0 Å². The predicted octanol–water partition coefficient (Wildman–Crippen LogP) is 0.825. The first-order valence-electron chi connectivity index (χ1n) is 5.74. The molecule has 0 aliphatic carbocycles. The Morgan fingerprint density at radius 1 is 1.20 bits per heavy atom. The van der Waals surface area contributed by atoms with Gasteiger partial charge in [0.1, 0.15) is 0 Å². The highest BCUT2D eigenvalue weighted by Gasteiger charge is 2.51. The van der Waals surface area contributed by atoms with E-state index >= 15 is 0 Å². The highest BCUT2D eigenvalue weighted by atomic mass is 16.9. The quantitative estimate of drug-likeness (QED) is 0.754. The molecular weight excluding hydrogens is 194 g/mol. The van der Waals surface area contributed by atoms with Crippen LogP contribution >= 0.6 is 0 Å². The lowest BCUT2D eigenvalue weighted by Crippen LogP contribution is -2.60. The number of hydrogen-bond donors (Lipinski definition) is 1. The SMILES string of the molecule is CNCC(C(C)C)C12OCC(CO1)CO2. The standard InChI is InChI=1S/C11H21NO3/c1-8(2)10(4-12-3)11-13-5-9(6-14-11)7-15-11/h8-10,12H,4-7H2,1-3H3. The first-order valence-corrected chi connectivity index (χ1v) is 5.74. The smallest absolute Gasteiger partial charge is 0.287 e. The van der Waals surface area contributed by atoms with Gasteiger partial charge in [0, 0.05) is 12.5 Å². The van der Waals surface area contributed by atoms with Crippen LogP contribution in [0.3, 0.4) is 0 Å². The van der Waals surface area contributed by atoms with Gasteiger partial charge in [-0.25, -0.2) is 0 Å². The van der Waals surface area contributed by atoms with Crippen molar-refractivity contribution in [2.24, 2.45) is 17.8 Å². The van der Waals surface area contributed by atoms with Crippen molar-refractivity contribution in [2.75, 3.05) is 33.4 Å². The minimum atomic E-state index is -0.786. The van der Waals surface area contributed by atoms with Crippen LogP contribution in [0.15, 0.2) is 0 Å². The molecule has 3 heterocycles. The molecule has 0 radical (unpaired) electrons. The molecule has 0 spiro atoms. The summed E-state index contributed by atoms with van der Waals surface area (Å²) in [4.78, 5) is 0. The van der Waals surface area contributed by atoms with E-state index in [4.69, 9.17) is 14.2 Å². The summed E-state index contributed by atoms with van der Waals surface area (Å²) >= 11 is 0. The molecule has 3 saturated heterocycles. The van der Waals surface area contributed by atoms with Crippen LogP contribution in [0.4, 0.5) is 0 Å². The third kappa shape index (κ3) is 2.04. The lowest BCUT2D eigenvalue weighted by atomic mass is 9.91. The minimum absolute atomic E-state index is 0.240. The van der Waals surface area contributed by atoms with Gasteiger partial charge in [-0.1, -0.05) is 13.8 Å². The normalized spacial score (nSPS) is 37.2. The molecular formula is C11H21NO3. The van der Waals surface area contributed by atoms with Crippen molar-refractivity contribution >= 4 is 0 Å². The molecule has 3 rings (SSSR count). The van der Waals surface area contributed by atoms with Gasteiger partial charge in [0.05, 0.1) is 25.7 Å². The second kappa shape index (κ2) is 4.37. The van der Waals surface area contributed by atoms with Crippen molar-refractivity contribution in [3.8, 4) is 0 Å². The molecule has 0 aromatic rings. The van der Waals surface area contributed by atoms with Gasteiger partial charge in [-0.2, -0.15) is 0 Å². The van der Waals surface area contributed by atoms with Crippen LogP contribution in [0.25, 0.3) is 0 Å². The molecule has 3 fully saturated rings. The van der Waals surface area contributed by atoms with E-state index < -0.39 is 5.97 Å². The Hall–Kier alpha value is -0.160. The minimum Gasteiger partial charge on any atom is -0.327 e. The summed E-state index contributed by atoms with van der Waals surface area (Å²) in [7, 11) is 1.94. The van der Waals surface area contributed by atoms with Crippen molar-refractivity contribution in [3.63, 3.8) is 0 Å². The number of rotatable bonds is 4. The van der Waals surface area contributed by atoms with E-state index in [9.17, 15) is 0 Å². The van der Waals surface area contributed by atoms with Crippen molar-refractivity contribution in [1.29, 1.82) is 0 Å². The van der Waals surface area contributed by atoms with E-state index in [-0.39, 0.29) is 5.92 Å². The zero-order chi connectivity index (χ0) is 10.9. The van der Waals surface area contributed by atoms with Gasteiger partial charge in [-0.15, -0.1) is 0 Å². The summed E-state index contributed by atoms with van der Waals surface area (Å²) in [6.45, 7) is 7.51. The Morgan fingerprint density at radius 3 is 2.13 bits per heavy atom. The zero-order valence-electron chi connectivity index (χ0n) is 9.79. The summed E-state index contributed by atoms with van der Waals surface area (Å²) in [5.41, 5.74) is 0. The fourth-order valence-corrected chi connectivity index (χ4v) is 2.28. The molecule has 4 heteroatoms. The number of nitrogens with one attached hydrogen (secondary N) is 1. The van der Waals surface area contributed by atoms with Crippen LogP contribution in [-0.2, 0) is 14.2 Å². The summed E-state index contributed by atoms with van der Waals surface area (Å²) in [5.74, 6) is 0.344. The van der Waals surface area contributed by atoms with Crippen LogP contribution in [0.2, 0.25) is 0 Å². The molecule has 3 aliphatic rings. The van der Waals surface area contributed by atoms with E-state index in [1.54, 1.807) is 0 Å². The van der Waals surface area contributed by atoms with Crippen molar-refractivity contribution in [2.45, 2.75) is 19.8 Å². The molecule has 1 unspecified atom stereocenters. The second-order valence-corrected chi connectivity index (χ2v) is 4.81. The van der Waals surface area contributed by atoms with Crippen molar-refractivity contribution in [1.82, 2.24) is 5.32 Å². The highest BCUT2D eigenvalue weighted by Crippen LogP contribution is 2.38. The molecule has 1 atom stereocenters. The third-order valence-corrected chi connectivity index (χ3v) is 3.24. The molecule has 0 aromatic carbocycles. The van der Waals surface area contributed by atoms with E-state index in [2.05, 4.69) is 19.2 Å². The Kier molecular flexibility index (Phi) is 3.30. The molecule has 0 aromatic heterocycles. The lowest BCUT2D eigenvalue weighted by Gasteiger charge is -2.50. The largest absolute Gasteiger partial charge is 0.327 e. The summed E-state index contributed by atoms with van der Waals surface area (Å²) in [6, 6.07) is 0. The maximum absolute atomic E-state index is 5.76. The molecule has 1 N–H and O–H groups in total. The maximum atomic E-state index is 5.76.